The molecule has 0 heterocycles. The second-order valence-electron chi connectivity index (χ2n) is 4.46. The lowest BCUT2D eigenvalue weighted by molar-refractivity contribution is 0.0590. The minimum atomic E-state index is -0.439. The van der Waals surface area contributed by atoms with Crippen LogP contribution in [-0.4, -0.2) is 38.6 Å². The standard InChI is InChI=1S/C14H22ClNO3/c1-10(16-7-6-12(17)9-18-2)13-8-11(15)4-5-14(13)19-3/h4-5,8,10,12,16-17H,6-7,9H2,1-3H3. The summed E-state index contributed by atoms with van der Waals surface area (Å²) in [6.45, 7) is 3.09. The lowest BCUT2D eigenvalue weighted by Gasteiger charge is -2.18. The van der Waals surface area contributed by atoms with Crippen molar-refractivity contribution < 1.29 is 14.6 Å². The molecule has 0 aliphatic rings. The molecule has 0 aromatic heterocycles. The van der Waals surface area contributed by atoms with E-state index in [2.05, 4.69) is 5.32 Å². The van der Waals surface area contributed by atoms with E-state index in [1.807, 2.05) is 19.1 Å². The first kappa shape index (κ1) is 16.2. The van der Waals surface area contributed by atoms with Gasteiger partial charge in [0.1, 0.15) is 5.75 Å². The molecule has 2 atom stereocenters. The third-order valence-corrected chi connectivity index (χ3v) is 3.18. The van der Waals surface area contributed by atoms with Crippen molar-refractivity contribution in [3.8, 4) is 5.75 Å². The first-order valence-electron chi connectivity index (χ1n) is 6.32. The van der Waals surface area contributed by atoms with Crippen LogP contribution >= 0.6 is 11.6 Å². The number of aliphatic hydroxyl groups is 1. The van der Waals surface area contributed by atoms with Gasteiger partial charge in [-0.15, -0.1) is 0 Å². The number of halogens is 1. The molecule has 0 aliphatic carbocycles. The third kappa shape index (κ3) is 5.37. The predicted molar refractivity (Wildman–Crippen MR) is 76.9 cm³/mol. The Kier molecular flexibility index (Phi) is 7.16. The zero-order valence-corrected chi connectivity index (χ0v) is 12.4. The Morgan fingerprint density at radius 1 is 1.37 bits per heavy atom. The molecule has 1 rings (SSSR count). The fourth-order valence-electron chi connectivity index (χ4n) is 1.90. The highest BCUT2D eigenvalue weighted by atomic mass is 35.5. The SMILES string of the molecule is COCC(O)CCNC(C)c1cc(Cl)ccc1OC. The fourth-order valence-corrected chi connectivity index (χ4v) is 2.08. The van der Waals surface area contributed by atoms with Gasteiger partial charge in [-0.05, 0) is 38.1 Å². The summed E-state index contributed by atoms with van der Waals surface area (Å²) in [6.07, 6.45) is 0.201. The molecular weight excluding hydrogens is 266 g/mol. The minimum Gasteiger partial charge on any atom is -0.496 e. The summed E-state index contributed by atoms with van der Waals surface area (Å²) in [4.78, 5) is 0. The second-order valence-corrected chi connectivity index (χ2v) is 4.90. The van der Waals surface area contributed by atoms with Crippen molar-refractivity contribution in [2.45, 2.75) is 25.5 Å². The molecule has 19 heavy (non-hydrogen) atoms. The molecule has 2 N–H and O–H groups in total. The molecular formula is C14H22ClNO3. The first-order valence-corrected chi connectivity index (χ1v) is 6.70. The fraction of sp³-hybridized carbons (Fsp3) is 0.571. The van der Waals surface area contributed by atoms with E-state index in [1.54, 1.807) is 20.3 Å². The van der Waals surface area contributed by atoms with Crippen LogP contribution in [0.2, 0.25) is 5.02 Å². The number of aliphatic hydroxyl groups excluding tert-OH is 1. The lowest BCUT2D eigenvalue weighted by Crippen LogP contribution is -2.25. The topological polar surface area (TPSA) is 50.7 Å². The van der Waals surface area contributed by atoms with Crippen LogP contribution in [0.4, 0.5) is 0 Å². The molecule has 4 nitrogen and oxygen atoms in total. The summed E-state index contributed by atoms with van der Waals surface area (Å²) in [5, 5.41) is 13.6. The van der Waals surface area contributed by atoms with Crippen molar-refractivity contribution >= 4 is 11.6 Å². The quantitative estimate of drug-likeness (QED) is 0.771. The minimum absolute atomic E-state index is 0.100. The molecule has 0 fully saturated rings. The molecule has 0 saturated carbocycles. The van der Waals surface area contributed by atoms with Gasteiger partial charge < -0.3 is 19.9 Å². The van der Waals surface area contributed by atoms with E-state index in [1.165, 1.54) is 0 Å². The Morgan fingerprint density at radius 3 is 2.74 bits per heavy atom. The summed E-state index contributed by atoms with van der Waals surface area (Å²) in [7, 11) is 3.22. The van der Waals surface area contributed by atoms with Crippen molar-refractivity contribution in [3.63, 3.8) is 0 Å². The Balaban J connectivity index is 2.53. The van der Waals surface area contributed by atoms with Crippen LogP contribution in [0.3, 0.4) is 0 Å². The predicted octanol–water partition coefficient (Wildman–Crippen LogP) is 2.40. The molecule has 0 bridgehead atoms. The highest BCUT2D eigenvalue weighted by Gasteiger charge is 2.12. The van der Waals surface area contributed by atoms with Crippen LogP contribution in [-0.2, 0) is 4.74 Å². The van der Waals surface area contributed by atoms with Crippen LogP contribution in [0.5, 0.6) is 5.75 Å². The molecule has 0 aliphatic heterocycles. The first-order chi connectivity index (χ1) is 9.08. The summed E-state index contributed by atoms with van der Waals surface area (Å²) in [6, 6.07) is 5.65. The Bertz CT molecular complexity index is 387. The average molecular weight is 288 g/mol. The molecule has 0 radical (unpaired) electrons. The normalized spacial score (nSPS) is 14.2. The van der Waals surface area contributed by atoms with Crippen molar-refractivity contribution in [1.29, 1.82) is 0 Å². The summed E-state index contributed by atoms with van der Waals surface area (Å²) >= 11 is 6.00. The van der Waals surface area contributed by atoms with Crippen LogP contribution in [0.15, 0.2) is 18.2 Å². The number of hydrogen-bond acceptors (Lipinski definition) is 4. The van der Waals surface area contributed by atoms with E-state index >= 15 is 0 Å². The summed E-state index contributed by atoms with van der Waals surface area (Å²) < 4.78 is 10.2. The smallest absolute Gasteiger partial charge is 0.123 e. The maximum Gasteiger partial charge on any atom is 0.123 e. The van der Waals surface area contributed by atoms with Gasteiger partial charge in [0, 0.05) is 23.7 Å². The van der Waals surface area contributed by atoms with Crippen molar-refractivity contribution in [2.75, 3.05) is 27.4 Å². The van der Waals surface area contributed by atoms with Gasteiger partial charge in [0.15, 0.2) is 0 Å². The van der Waals surface area contributed by atoms with Crippen molar-refractivity contribution in [2.24, 2.45) is 0 Å². The van der Waals surface area contributed by atoms with E-state index in [-0.39, 0.29) is 6.04 Å². The third-order valence-electron chi connectivity index (χ3n) is 2.95. The lowest BCUT2D eigenvalue weighted by atomic mass is 10.1. The van der Waals surface area contributed by atoms with Gasteiger partial charge in [-0.2, -0.15) is 0 Å². The number of rotatable bonds is 8. The second kappa shape index (κ2) is 8.38. The molecule has 108 valence electrons. The summed E-state index contributed by atoms with van der Waals surface area (Å²) in [5.74, 6) is 0.807. The van der Waals surface area contributed by atoms with Gasteiger partial charge in [0.05, 0.1) is 19.8 Å². The van der Waals surface area contributed by atoms with E-state index in [0.717, 1.165) is 11.3 Å². The van der Waals surface area contributed by atoms with Crippen LogP contribution < -0.4 is 10.1 Å². The molecule has 2 unspecified atom stereocenters. The molecule has 5 heteroatoms. The van der Waals surface area contributed by atoms with E-state index < -0.39 is 6.10 Å². The molecule has 0 amide bonds. The highest BCUT2D eigenvalue weighted by Crippen LogP contribution is 2.28. The number of nitrogens with one attached hydrogen (secondary N) is 1. The number of benzene rings is 1. The molecule has 0 saturated heterocycles. The van der Waals surface area contributed by atoms with Gasteiger partial charge in [0.2, 0.25) is 0 Å². The van der Waals surface area contributed by atoms with Gasteiger partial charge in [-0.3, -0.25) is 0 Å². The number of ether oxygens (including phenoxy) is 2. The molecule has 0 spiro atoms. The zero-order chi connectivity index (χ0) is 14.3. The highest BCUT2D eigenvalue weighted by molar-refractivity contribution is 6.30. The van der Waals surface area contributed by atoms with Crippen LogP contribution in [0.25, 0.3) is 0 Å². The number of methoxy groups -OCH3 is 2. The molecule has 1 aromatic carbocycles. The summed E-state index contributed by atoms with van der Waals surface area (Å²) in [5.41, 5.74) is 1.01. The maximum atomic E-state index is 9.57. The Hall–Kier alpha value is -0.810. The maximum absolute atomic E-state index is 9.57. The van der Waals surface area contributed by atoms with Gasteiger partial charge >= 0.3 is 0 Å². The van der Waals surface area contributed by atoms with Crippen LogP contribution in [0.1, 0.15) is 24.9 Å². The van der Waals surface area contributed by atoms with Gasteiger partial charge in [-0.25, -0.2) is 0 Å². The average Bonchev–Trinajstić information content (AvgIpc) is 2.38. The zero-order valence-electron chi connectivity index (χ0n) is 11.6. The largest absolute Gasteiger partial charge is 0.496 e. The van der Waals surface area contributed by atoms with E-state index in [4.69, 9.17) is 21.1 Å². The van der Waals surface area contributed by atoms with Crippen molar-refractivity contribution in [3.05, 3.63) is 28.8 Å². The molecule has 1 aromatic rings. The van der Waals surface area contributed by atoms with E-state index in [9.17, 15) is 5.11 Å². The monoisotopic (exact) mass is 287 g/mol. The van der Waals surface area contributed by atoms with E-state index in [0.29, 0.717) is 24.6 Å². The van der Waals surface area contributed by atoms with Crippen molar-refractivity contribution in [1.82, 2.24) is 5.32 Å². The van der Waals surface area contributed by atoms with Gasteiger partial charge in [-0.1, -0.05) is 11.6 Å². The Labute approximate surface area is 119 Å². The van der Waals surface area contributed by atoms with Crippen LogP contribution in [0, 0.1) is 0 Å². The van der Waals surface area contributed by atoms with Gasteiger partial charge in [0.25, 0.3) is 0 Å². The number of hydrogen-bond donors (Lipinski definition) is 2. The Morgan fingerprint density at radius 2 is 2.11 bits per heavy atom.